The molecule has 1 aromatic carbocycles. The molecule has 0 aliphatic heterocycles. The molecule has 1 aliphatic rings. The third-order valence-electron chi connectivity index (χ3n) is 4.49. The first kappa shape index (κ1) is 14.3. The summed E-state index contributed by atoms with van der Waals surface area (Å²) in [5.41, 5.74) is 7.05. The lowest BCUT2D eigenvalue weighted by molar-refractivity contribution is 0.318. The quantitative estimate of drug-likeness (QED) is 0.934. The molecule has 0 saturated heterocycles. The van der Waals surface area contributed by atoms with Gasteiger partial charge in [-0.2, -0.15) is 4.98 Å². The molecule has 2 N–H and O–H groups in total. The minimum Gasteiger partial charge on any atom is -0.339 e. The zero-order valence-electron chi connectivity index (χ0n) is 12.5. The maximum absolute atomic E-state index is 5.92. The standard InChI is InChI=1S/C17H23N3O/c1-12-6-5-9-14(10-12)16-19-17(21-20-16)15(11-18)13-7-3-2-4-8-13/h2-4,7-8,12,14-15H,5-6,9-11,18H2,1H3. The SMILES string of the molecule is CC1CCCC(c2noc(C(CN)c3ccccc3)n2)C1. The Morgan fingerprint density at radius 3 is 2.81 bits per heavy atom. The van der Waals surface area contributed by atoms with Crippen LogP contribution in [0.25, 0.3) is 0 Å². The Morgan fingerprint density at radius 2 is 2.10 bits per heavy atom. The summed E-state index contributed by atoms with van der Waals surface area (Å²) in [5.74, 6) is 2.71. The van der Waals surface area contributed by atoms with Crippen molar-refractivity contribution < 1.29 is 4.52 Å². The van der Waals surface area contributed by atoms with Crippen molar-refractivity contribution in [2.24, 2.45) is 11.7 Å². The fraction of sp³-hybridized carbons (Fsp3) is 0.529. The maximum atomic E-state index is 5.92. The van der Waals surface area contributed by atoms with Gasteiger partial charge in [-0.25, -0.2) is 0 Å². The predicted molar refractivity (Wildman–Crippen MR) is 82.0 cm³/mol. The van der Waals surface area contributed by atoms with Gasteiger partial charge in [-0.3, -0.25) is 0 Å². The fourth-order valence-corrected chi connectivity index (χ4v) is 3.29. The highest BCUT2D eigenvalue weighted by atomic mass is 16.5. The lowest BCUT2D eigenvalue weighted by Gasteiger charge is -2.23. The smallest absolute Gasteiger partial charge is 0.235 e. The number of nitrogens with zero attached hydrogens (tertiary/aromatic N) is 2. The van der Waals surface area contributed by atoms with Gasteiger partial charge < -0.3 is 10.3 Å². The van der Waals surface area contributed by atoms with E-state index in [0.717, 1.165) is 23.7 Å². The van der Waals surface area contributed by atoms with E-state index in [1.807, 2.05) is 18.2 Å². The Hall–Kier alpha value is -1.68. The summed E-state index contributed by atoms with van der Waals surface area (Å²) >= 11 is 0. The van der Waals surface area contributed by atoms with Crippen molar-refractivity contribution in [2.75, 3.05) is 6.54 Å². The molecule has 3 rings (SSSR count). The fourth-order valence-electron chi connectivity index (χ4n) is 3.29. The van der Waals surface area contributed by atoms with E-state index in [1.165, 1.54) is 19.3 Å². The molecule has 21 heavy (non-hydrogen) atoms. The molecule has 2 aromatic rings. The lowest BCUT2D eigenvalue weighted by atomic mass is 9.82. The molecule has 0 spiro atoms. The average Bonchev–Trinajstić information content (AvgIpc) is 2.99. The van der Waals surface area contributed by atoms with E-state index in [2.05, 4.69) is 29.2 Å². The van der Waals surface area contributed by atoms with E-state index >= 15 is 0 Å². The van der Waals surface area contributed by atoms with Gasteiger partial charge >= 0.3 is 0 Å². The van der Waals surface area contributed by atoms with Gasteiger partial charge in [0.2, 0.25) is 5.89 Å². The van der Waals surface area contributed by atoms with E-state index < -0.39 is 0 Å². The summed E-state index contributed by atoms with van der Waals surface area (Å²) in [4.78, 5) is 4.66. The van der Waals surface area contributed by atoms with E-state index in [9.17, 15) is 0 Å². The van der Waals surface area contributed by atoms with Crippen molar-refractivity contribution in [1.29, 1.82) is 0 Å². The number of rotatable bonds is 4. The largest absolute Gasteiger partial charge is 0.339 e. The molecule has 1 heterocycles. The summed E-state index contributed by atoms with van der Waals surface area (Å²) < 4.78 is 5.52. The van der Waals surface area contributed by atoms with Crippen molar-refractivity contribution in [3.05, 3.63) is 47.6 Å². The normalized spacial score (nSPS) is 23.9. The third-order valence-corrected chi connectivity index (χ3v) is 4.49. The lowest BCUT2D eigenvalue weighted by Crippen LogP contribution is -2.15. The first-order valence-corrected chi connectivity index (χ1v) is 7.86. The number of benzene rings is 1. The second kappa shape index (κ2) is 6.39. The predicted octanol–water partition coefficient (Wildman–Crippen LogP) is 3.45. The number of aromatic nitrogens is 2. The van der Waals surface area contributed by atoms with Crippen LogP contribution >= 0.6 is 0 Å². The zero-order valence-corrected chi connectivity index (χ0v) is 12.5. The Labute approximate surface area is 125 Å². The van der Waals surface area contributed by atoms with Crippen molar-refractivity contribution >= 4 is 0 Å². The van der Waals surface area contributed by atoms with Gasteiger partial charge in [0, 0.05) is 12.5 Å². The van der Waals surface area contributed by atoms with Gasteiger partial charge in [-0.1, -0.05) is 55.3 Å². The molecule has 0 bridgehead atoms. The Kier molecular flexibility index (Phi) is 4.34. The highest BCUT2D eigenvalue weighted by molar-refractivity contribution is 5.25. The van der Waals surface area contributed by atoms with E-state index in [1.54, 1.807) is 0 Å². The van der Waals surface area contributed by atoms with Crippen LogP contribution in [0.15, 0.2) is 34.9 Å². The first-order valence-electron chi connectivity index (χ1n) is 7.86. The molecule has 0 radical (unpaired) electrons. The Balaban J connectivity index is 1.80. The van der Waals surface area contributed by atoms with Gasteiger partial charge in [-0.05, 0) is 24.3 Å². The van der Waals surface area contributed by atoms with Crippen molar-refractivity contribution in [3.63, 3.8) is 0 Å². The maximum Gasteiger partial charge on any atom is 0.235 e. The highest BCUT2D eigenvalue weighted by Gasteiger charge is 2.26. The van der Waals surface area contributed by atoms with Crippen LogP contribution in [0.4, 0.5) is 0 Å². The van der Waals surface area contributed by atoms with Crippen LogP contribution in [0.3, 0.4) is 0 Å². The Morgan fingerprint density at radius 1 is 1.29 bits per heavy atom. The van der Waals surface area contributed by atoms with Crippen LogP contribution in [-0.2, 0) is 0 Å². The molecule has 4 heteroatoms. The molecule has 3 unspecified atom stereocenters. The van der Waals surface area contributed by atoms with Crippen LogP contribution < -0.4 is 5.73 Å². The van der Waals surface area contributed by atoms with Crippen LogP contribution in [0.2, 0.25) is 0 Å². The second-order valence-electron chi connectivity index (χ2n) is 6.16. The molecule has 1 fully saturated rings. The molecule has 1 aromatic heterocycles. The van der Waals surface area contributed by atoms with Crippen molar-refractivity contribution in [1.82, 2.24) is 10.1 Å². The van der Waals surface area contributed by atoms with Crippen LogP contribution in [0, 0.1) is 5.92 Å². The summed E-state index contributed by atoms with van der Waals surface area (Å²) in [6, 6.07) is 10.1. The van der Waals surface area contributed by atoms with Crippen LogP contribution in [0.5, 0.6) is 0 Å². The van der Waals surface area contributed by atoms with Gasteiger partial charge in [-0.15, -0.1) is 0 Å². The topological polar surface area (TPSA) is 64.9 Å². The molecular formula is C17H23N3O. The molecule has 3 atom stereocenters. The highest BCUT2D eigenvalue weighted by Crippen LogP contribution is 2.35. The first-order chi connectivity index (χ1) is 10.3. The molecule has 112 valence electrons. The number of nitrogens with two attached hydrogens (primary N) is 1. The van der Waals surface area contributed by atoms with E-state index in [-0.39, 0.29) is 5.92 Å². The van der Waals surface area contributed by atoms with Gasteiger partial charge in [0.05, 0.1) is 5.92 Å². The van der Waals surface area contributed by atoms with Crippen molar-refractivity contribution in [3.8, 4) is 0 Å². The minimum absolute atomic E-state index is 0.00605. The summed E-state index contributed by atoms with van der Waals surface area (Å²) in [7, 11) is 0. The monoisotopic (exact) mass is 285 g/mol. The Bertz CT molecular complexity index is 566. The van der Waals surface area contributed by atoms with Gasteiger partial charge in [0.25, 0.3) is 0 Å². The van der Waals surface area contributed by atoms with E-state index in [0.29, 0.717) is 18.4 Å². The molecule has 0 amide bonds. The van der Waals surface area contributed by atoms with Gasteiger partial charge in [0.15, 0.2) is 5.82 Å². The minimum atomic E-state index is -0.00605. The van der Waals surface area contributed by atoms with E-state index in [4.69, 9.17) is 10.3 Å². The number of hydrogen-bond donors (Lipinski definition) is 1. The average molecular weight is 285 g/mol. The summed E-state index contributed by atoms with van der Waals surface area (Å²) in [6.45, 7) is 2.78. The summed E-state index contributed by atoms with van der Waals surface area (Å²) in [6.07, 6.45) is 4.91. The number of hydrogen-bond acceptors (Lipinski definition) is 4. The zero-order chi connectivity index (χ0) is 14.7. The molecule has 1 aliphatic carbocycles. The molecule has 1 saturated carbocycles. The van der Waals surface area contributed by atoms with Crippen LogP contribution in [0.1, 0.15) is 61.7 Å². The second-order valence-corrected chi connectivity index (χ2v) is 6.16. The third kappa shape index (κ3) is 3.16. The van der Waals surface area contributed by atoms with Gasteiger partial charge in [0.1, 0.15) is 0 Å². The summed E-state index contributed by atoms with van der Waals surface area (Å²) in [5, 5.41) is 4.23. The molecular weight excluding hydrogens is 262 g/mol. The van der Waals surface area contributed by atoms with Crippen LogP contribution in [-0.4, -0.2) is 16.7 Å². The molecule has 4 nitrogen and oxygen atoms in total. The van der Waals surface area contributed by atoms with Crippen molar-refractivity contribution in [2.45, 2.75) is 44.4 Å².